The molecule has 0 aliphatic heterocycles. The minimum absolute atomic E-state index is 0.519. The highest BCUT2D eigenvalue weighted by molar-refractivity contribution is 7.98. The summed E-state index contributed by atoms with van der Waals surface area (Å²) < 4.78 is 0. The van der Waals surface area contributed by atoms with E-state index in [1.165, 1.54) is 16.7 Å². The number of carbonyl (C=O) groups is 1. The molecule has 0 saturated carbocycles. The number of carboxylic acids is 1. The smallest absolute Gasteiger partial charge is 0.320 e. The average Bonchev–Trinajstić information content (AvgIpc) is 2.27. The summed E-state index contributed by atoms with van der Waals surface area (Å²) >= 11 is 1.74. The van der Waals surface area contributed by atoms with Gasteiger partial charge in [-0.2, -0.15) is 11.8 Å². The van der Waals surface area contributed by atoms with Gasteiger partial charge in [-0.05, 0) is 42.7 Å². The Morgan fingerprint density at radius 3 is 2.53 bits per heavy atom. The quantitative estimate of drug-likeness (QED) is 0.764. The number of hydrogen-bond acceptors (Lipinski definition) is 3. The fourth-order valence-electron chi connectivity index (χ4n) is 1.58. The van der Waals surface area contributed by atoms with E-state index < -0.39 is 12.0 Å². The maximum atomic E-state index is 10.5. The van der Waals surface area contributed by atoms with Crippen LogP contribution in [0.4, 0.5) is 0 Å². The number of rotatable bonds is 6. The fraction of sp³-hybridized carbons (Fsp3) is 0.462. The van der Waals surface area contributed by atoms with Crippen molar-refractivity contribution in [1.82, 2.24) is 0 Å². The summed E-state index contributed by atoms with van der Waals surface area (Å²) in [4.78, 5) is 10.5. The van der Waals surface area contributed by atoms with Crippen molar-refractivity contribution in [3.8, 4) is 0 Å². The van der Waals surface area contributed by atoms with Gasteiger partial charge >= 0.3 is 5.97 Å². The Balaban J connectivity index is 2.39. The lowest BCUT2D eigenvalue weighted by Crippen LogP contribution is -2.30. The largest absolute Gasteiger partial charge is 0.480 e. The standard InChI is InChI=1S/C13H19NO2S/c1-9-4-3-5-10(2)11(9)8-17-7-6-12(14)13(15)16/h3-5,12H,6-8,14H2,1-2H3,(H,15,16). The van der Waals surface area contributed by atoms with Crippen LogP contribution in [-0.4, -0.2) is 22.9 Å². The van der Waals surface area contributed by atoms with Gasteiger partial charge in [0.15, 0.2) is 0 Å². The van der Waals surface area contributed by atoms with Crippen molar-refractivity contribution in [2.45, 2.75) is 32.1 Å². The first-order chi connectivity index (χ1) is 8.02. The summed E-state index contributed by atoms with van der Waals surface area (Å²) in [6.07, 6.45) is 0.519. The highest BCUT2D eigenvalue weighted by Crippen LogP contribution is 2.20. The molecule has 0 aliphatic carbocycles. The molecule has 94 valence electrons. The van der Waals surface area contributed by atoms with Crippen molar-refractivity contribution in [3.05, 3.63) is 34.9 Å². The van der Waals surface area contributed by atoms with E-state index in [1.807, 2.05) is 0 Å². The minimum Gasteiger partial charge on any atom is -0.480 e. The van der Waals surface area contributed by atoms with Gasteiger partial charge in [0.1, 0.15) is 6.04 Å². The predicted molar refractivity (Wildman–Crippen MR) is 72.3 cm³/mol. The predicted octanol–water partition coefficient (Wildman–Crippen LogP) is 2.34. The van der Waals surface area contributed by atoms with Crippen LogP contribution in [0.3, 0.4) is 0 Å². The Labute approximate surface area is 106 Å². The van der Waals surface area contributed by atoms with Crippen molar-refractivity contribution < 1.29 is 9.90 Å². The second-order valence-corrected chi connectivity index (χ2v) is 5.26. The van der Waals surface area contributed by atoms with Crippen LogP contribution in [0, 0.1) is 13.8 Å². The summed E-state index contributed by atoms with van der Waals surface area (Å²) in [6.45, 7) is 4.21. The van der Waals surface area contributed by atoms with E-state index in [1.54, 1.807) is 11.8 Å². The molecule has 0 aromatic heterocycles. The third kappa shape index (κ3) is 4.40. The van der Waals surface area contributed by atoms with Crippen molar-refractivity contribution >= 4 is 17.7 Å². The third-order valence-electron chi connectivity index (χ3n) is 2.78. The Kier molecular flexibility index (Phi) is 5.51. The highest BCUT2D eigenvalue weighted by atomic mass is 32.2. The van der Waals surface area contributed by atoms with E-state index in [0.717, 1.165) is 11.5 Å². The highest BCUT2D eigenvalue weighted by Gasteiger charge is 2.10. The summed E-state index contributed by atoms with van der Waals surface area (Å²) in [6, 6.07) is 5.53. The number of aryl methyl sites for hydroxylation is 2. The molecule has 0 saturated heterocycles. The Hall–Kier alpha value is -1.00. The summed E-state index contributed by atoms with van der Waals surface area (Å²) in [5, 5.41) is 8.65. The van der Waals surface area contributed by atoms with Crippen molar-refractivity contribution in [2.75, 3.05) is 5.75 Å². The van der Waals surface area contributed by atoms with Crippen LogP contribution >= 0.6 is 11.8 Å². The third-order valence-corrected chi connectivity index (χ3v) is 3.80. The second kappa shape index (κ2) is 6.67. The molecule has 0 spiro atoms. The summed E-state index contributed by atoms with van der Waals surface area (Å²) in [5.41, 5.74) is 9.37. The first-order valence-electron chi connectivity index (χ1n) is 5.63. The summed E-state index contributed by atoms with van der Waals surface area (Å²) in [5.74, 6) is 0.782. The van der Waals surface area contributed by atoms with Gasteiger partial charge in [0, 0.05) is 5.75 Å². The Morgan fingerprint density at radius 1 is 1.41 bits per heavy atom. The van der Waals surface area contributed by atoms with Gasteiger partial charge in [-0.15, -0.1) is 0 Å². The number of thioether (sulfide) groups is 1. The number of benzene rings is 1. The molecule has 1 aromatic carbocycles. The minimum atomic E-state index is -0.919. The molecule has 0 radical (unpaired) electrons. The average molecular weight is 253 g/mol. The first kappa shape index (κ1) is 14.1. The van der Waals surface area contributed by atoms with Gasteiger partial charge in [0.2, 0.25) is 0 Å². The van der Waals surface area contributed by atoms with Crippen LogP contribution in [0.25, 0.3) is 0 Å². The van der Waals surface area contributed by atoms with Crippen LogP contribution in [-0.2, 0) is 10.5 Å². The molecular formula is C13H19NO2S. The molecule has 1 aromatic rings. The maximum Gasteiger partial charge on any atom is 0.320 e. The van der Waals surface area contributed by atoms with Gasteiger partial charge < -0.3 is 10.8 Å². The second-order valence-electron chi connectivity index (χ2n) is 4.16. The zero-order chi connectivity index (χ0) is 12.8. The number of aliphatic carboxylic acids is 1. The van der Waals surface area contributed by atoms with E-state index in [-0.39, 0.29) is 0 Å². The van der Waals surface area contributed by atoms with Gasteiger partial charge in [0.25, 0.3) is 0 Å². The van der Waals surface area contributed by atoms with Crippen LogP contribution in [0.15, 0.2) is 18.2 Å². The van der Waals surface area contributed by atoms with Gasteiger partial charge in [-0.1, -0.05) is 18.2 Å². The fourth-order valence-corrected chi connectivity index (χ4v) is 2.81. The van der Waals surface area contributed by atoms with Gasteiger partial charge in [-0.3, -0.25) is 4.79 Å². The van der Waals surface area contributed by atoms with Gasteiger partial charge in [0.05, 0.1) is 0 Å². The maximum absolute atomic E-state index is 10.5. The van der Waals surface area contributed by atoms with E-state index in [9.17, 15) is 4.79 Å². The molecule has 0 heterocycles. The molecule has 0 fully saturated rings. The van der Waals surface area contributed by atoms with E-state index in [2.05, 4.69) is 32.0 Å². The lowest BCUT2D eigenvalue weighted by Gasteiger charge is -2.10. The van der Waals surface area contributed by atoms with Crippen molar-refractivity contribution in [1.29, 1.82) is 0 Å². The van der Waals surface area contributed by atoms with Crippen LogP contribution in [0.5, 0.6) is 0 Å². The van der Waals surface area contributed by atoms with Crippen molar-refractivity contribution in [2.24, 2.45) is 5.73 Å². The SMILES string of the molecule is Cc1cccc(C)c1CSCCC(N)C(=O)O. The molecule has 4 heteroatoms. The Bertz CT molecular complexity index is 373. The zero-order valence-electron chi connectivity index (χ0n) is 10.3. The van der Waals surface area contributed by atoms with E-state index >= 15 is 0 Å². The normalized spacial score (nSPS) is 12.4. The Morgan fingerprint density at radius 2 is 2.00 bits per heavy atom. The molecule has 1 unspecified atom stereocenters. The molecule has 3 nitrogen and oxygen atoms in total. The molecular weight excluding hydrogens is 234 g/mol. The lowest BCUT2D eigenvalue weighted by atomic mass is 10.1. The van der Waals surface area contributed by atoms with Crippen LogP contribution < -0.4 is 5.73 Å². The topological polar surface area (TPSA) is 63.3 Å². The molecule has 1 rings (SSSR count). The molecule has 3 N–H and O–H groups in total. The first-order valence-corrected chi connectivity index (χ1v) is 6.79. The van der Waals surface area contributed by atoms with Gasteiger partial charge in [-0.25, -0.2) is 0 Å². The molecule has 0 bridgehead atoms. The van der Waals surface area contributed by atoms with E-state index in [0.29, 0.717) is 6.42 Å². The molecule has 1 atom stereocenters. The molecule has 17 heavy (non-hydrogen) atoms. The zero-order valence-corrected chi connectivity index (χ0v) is 11.1. The van der Waals surface area contributed by atoms with Crippen LogP contribution in [0.1, 0.15) is 23.1 Å². The summed E-state index contributed by atoms with van der Waals surface area (Å²) in [7, 11) is 0. The molecule has 0 aliphatic rings. The van der Waals surface area contributed by atoms with Crippen molar-refractivity contribution in [3.63, 3.8) is 0 Å². The number of hydrogen-bond donors (Lipinski definition) is 2. The lowest BCUT2D eigenvalue weighted by molar-refractivity contribution is -0.138. The monoisotopic (exact) mass is 253 g/mol. The van der Waals surface area contributed by atoms with Crippen LogP contribution in [0.2, 0.25) is 0 Å². The molecule has 0 amide bonds. The number of nitrogens with two attached hydrogens (primary N) is 1. The number of carboxylic acid groups (broad SMARTS) is 1. The van der Waals surface area contributed by atoms with E-state index in [4.69, 9.17) is 10.8 Å².